The van der Waals surface area contributed by atoms with Gasteiger partial charge in [-0.15, -0.1) is 0 Å². The molecule has 1 unspecified atom stereocenters. The molecule has 3 nitrogen and oxygen atoms in total. The molecular formula is C9H20N2OS. The first kappa shape index (κ1) is 12.7. The van der Waals surface area contributed by atoms with Gasteiger partial charge in [-0.05, 0) is 39.9 Å². The summed E-state index contributed by atoms with van der Waals surface area (Å²) in [7, 11) is 0. The van der Waals surface area contributed by atoms with Crippen molar-refractivity contribution in [2.45, 2.75) is 33.9 Å². The average molecular weight is 204 g/mol. The zero-order chi connectivity index (χ0) is 10.3. The molecule has 0 fully saturated rings. The molecule has 13 heavy (non-hydrogen) atoms. The molecule has 0 aliphatic heterocycles. The Labute approximate surface area is 86.4 Å². The number of ether oxygens (including phenoxy) is 1. The lowest BCUT2D eigenvalue weighted by Crippen LogP contribution is -2.44. The van der Waals surface area contributed by atoms with Crippen LogP contribution < -0.4 is 5.32 Å². The summed E-state index contributed by atoms with van der Waals surface area (Å²) < 4.78 is 5.33. The molecule has 0 aliphatic rings. The third-order valence-electron chi connectivity index (χ3n) is 1.79. The van der Waals surface area contributed by atoms with Gasteiger partial charge in [0, 0.05) is 19.7 Å². The Balaban J connectivity index is 3.83. The van der Waals surface area contributed by atoms with Crippen molar-refractivity contribution in [3.63, 3.8) is 0 Å². The molecule has 1 N–H and O–H groups in total. The molecular weight excluding hydrogens is 184 g/mol. The van der Waals surface area contributed by atoms with Crippen molar-refractivity contribution in [2.75, 3.05) is 19.7 Å². The topological polar surface area (TPSA) is 24.5 Å². The first-order valence-corrected chi connectivity index (χ1v) is 5.23. The van der Waals surface area contributed by atoms with Gasteiger partial charge >= 0.3 is 0 Å². The number of nitrogens with one attached hydrogen (secondary N) is 1. The fourth-order valence-electron chi connectivity index (χ4n) is 1.07. The highest BCUT2D eigenvalue weighted by Gasteiger charge is 2.07. The van der Waals surface area contributed by atoms with E-state index in [0.717, 1.165) is 18.2 Å². The van der Waals surface area contributed by atoms with Gasteiger partial charge in [0.1, 0.15) is 6.23 Å². The van der Waals surface area contributed by atoms with Gasteiger partial charge in [0.25, 0.3) is 0 Å². The lowest BCUT2D eigenvalue weighted by Gasteiger charge is -2.25. The summed E-state index contributed by atoms with van der Waals surface area (Å²) >= 11 is 5.20. The van der Waals surface area contributed by atoms with Crippen molar-refractivity contribution in [1.82, 2.24) is 10.2 Å². The molecule has 1 atom stereocenters. The van der Waals surface area contributed by atoms with Crippen molar-refractivity contribution < 1.29 is 4.74 Å². The van der Waals surface area contributed by atoms with Crippen LogP contribution in [0.4, 0.5) is 0 Å². The Bertz CT molecular complexity index is 149. The van der Waals surface area contributed by atoms with Crippen LogP contribution in [-0.4, -0.2) is 35.9 Å². The van der Waals surface area contributed by atoms with E-state index in [1.54, 1.807) is 0 Å². The molecule has 0 bridgehead atoms. The quantitative estimate of drug-likeness (QED) is 0.543. The second kappa shape index (κ2) is 7.09. The lowest BCUT2D eigenvalue weighted by atomic mass is 10.5. The molecule has 0 aliphatic carbocycles. The Morgan fingerprint density at radius 3 is 2.31 bits per heavy atom. The van der Waals surface area contributed by atoms with E-state index < -0.39 is 0 Å². The fraction of sp³-hybridized carbons (Fsp3) is 0.889. The van der Waals surface area contributed by atoms with E-state index >= 15 is 0 Å². The summed E-state index contributed by atoms with van der Waals surface area (Å²) in [5, 5.41) is 3.89. The number of thiocarbonyl (C=S) groups is 1. The summed E-state index contributed by atoms with van der Waals surface area (Å²) in [5.74, 6) is 0. The molecule has 0 saturated carbocycles. The normalized spacial score (nSPS) is 12.3. The van der Waals surface area contributed by atoms with Crippen LogP contribution in [0.1, 0.15) is 27.7 Å². The number of nitrogens with zero attached hydrogens (tertiary/aromatic N) is 1. The highest BCUT2D eigenvalue weighted by atomic mass is 32.1. The maximum atomic E-state index is 5.33. The first-order chi connectivity index (χ1) is 6.15. The molecule has 0 aromatic rings. The Morgan fingerprint density at radius 1 is 1.38 bits per heavy atom. The van der Waals surface area contributed by atoms with Crippen molar-refractivity contribution in [1.29, 1.82) is 0 Å². The van der Waals surface area contributed by atoms with Gasteiger partial charge in [0.2, 0.25) is 0 Å². The number of hydrogen-bond acceptors (Lipinski definition) is 2. The van der Waals surface area contributed by atoms with E-state index in [2.05, 4.69) is 24.1 Å². The maximum Gasteiger partial charge on any atom is 0.170 e. The molecule has 0 aromatic heterocycles. The van der Waals surface area contributed by atoms with Gasteiger partial charge in [0.05, 0.1) is 0 Å². The molecule has 0 radical (unpaired) electrons. The summed E-state index contributed by atoms with van der Waals surface area (Å²) in [4.78, 5) is 2.09. The second-order valence-corrected chi connectivity index (χ2v) is 3.11. The average Bonchev–Trinajstić information content (AvgIpc) is 2.06. The third kappa shape index (κ3) is 5.05. The minimum Gasteiger partial charge on any atom is -0.359 e. The number of rotatable bonds is 5. The van der Waals surface area contributed by atoms with Crippen molar-refractivity contribution in [3.8, 4) is 0 Å². The molecule has 4 heteroatoms. The zero-order valence-corrected chi connectivity index (χ0v) is 9.78. The van der Waals surface area contributed by atoms with E-state index in [0.29, 0.717) is 6.61 Å². The SMILES string of the molecule is CCOC(C)NC(=S)N(CC)CC. The molecule has 0 amide bonds. The third-order valence-corrected chi connectivity index (χ3v) is 2.17. The summed E-state index contributed by atoms with van der Waals surface area (Å²) in [5.41, 5.74) is 0. The van der Waals surface area contributed by atoms with Gasteiger partial charge in [-0.25, -0.2) is 0 Å². The minimum absolute atomic E-state index is 0.00176. The predicted octanol–water partition coefficient (Wildman–Crippen LogP) is 1.59. The monoisotopic (exact) mass is 204 g/mol. The van der Waals surface area contributed by atoms with Gasteiger partial charge in [-0.1, -0.05) is 0 Å². The smallest absolute Gasteiger partial charge is 0.170 e. The van der Waals surface area contributed by atoms with Crippen LogP contribution in [0, 0.1) is 0 Å². The molecule has 78 valence electrons. The lowest BCUT2D eigenvalue weighted by molar-refractivity contribution is 0.0643. The first-order valence-electron chi connectivity index (χ1n) is 4.82. The van der Waals surface area contributed by atoms with Crippen LogP contribution in [0.5, 0.6) is 0 Å². The van der Waals surface area contributed by atoms with Crippen molar-refractivity contribution >= 4 is 17.3 Å². The van der Waals surface area contributed by atoms with E-state index in [-0.39, 0.29) is 6.23 Å². The van der Waals surface area contributed by atoms with Gasteiger partial charge in [-0.2, -0.15) is 0 Å². The van der Waals surface area contributed by atoms with E-state index in [4.69, 9.17) is 17.0 Å². The highest BCUT2D eigenvalue weighted by Crippen LogP contribution is 1.92. The van der Waals surface area contributed by atoms with Crippen LogP contribution in [0.2, 0.25) is 0 Å². The van der Waals surface area contributed by atoms with Gasteiger partial charge in [-0.3, -0.25) is 0 Å². The summed E-state index contributed by atoms with van der Waals surface area (Å²) in [6, 6.07) is 0. The molecule has 0 rings (SSSR count). The van der Waals surface area contributed by atoms with Crippen molar-refractivity contribution in [2.24, 2.45) is 0 Å². The van der Waals surface area contributed by atoms with Crippen LogP contribution in [-0.2, 0) is 4.74 Å². The van der Waals surface area contributed by atoms with Crippen LogP contribution in [0.25, 0.3) is 0 Å². The van der Waals surface area contributed by atoms with Gasteiger partial charge < -0.3 is 15.0 Å². The largest absolute Gasteiger partial charge is 0.359 e. The van der Waals surface area contributed by atoms with E-state index in [1.165, 1.54) is 0 Å². The Hall–Kier alpha value is -0.350. The van der Waals surface area contributed by atoms with Crippen LogP contribution in [0.15, 0.2) is 0 Å². The van der Waals surface area contributed by atoms with E-state index in [1.807, 2.05) is 13.8 Å². The maximum absolute atomic E-state index is 5.33. The molecule has 0 heterocycles. The minimum atomic E-state index is -0.00176. The zero-order valence-electron chi connectivity index (χ0n) is 8.96. The summed E-state index contributed by atoms with van der Waals surface area (Å²) in [6.07, 6.45) is -0.00176. The summed E-state index contributed by atoms with van der Waals surface area (Å²) in [6.45, 7) is 10.7. The van der Waals surface area contributed by atoms with E-state index in [9.17, 15) is 0 Å². The van der Waals surface area contributed by atoms with Crippen LogP contribution >= 0.6 is 12.2 Å². The van der Waals surface area contributed by atoms with Crippen molar-refractivity contribution in [3.05, 3.63) is 0 Å². The fourth-order valence-corrected chi connectivity index (χ4v) is 1.49. The molecule has 0 saturated heterocycles. The highest BCUT2D eigenvalue weighted by molar-refractivity contribution is 7.80. The number of hydrogen-bond donors (Lipinski definition) is 1. The molecule has 0 spiro atoms. The Kier molecular flexibility index (Phi) is 6.90. The Morgan fingerprint density at radius 2 is 1.92 bits per heavy atom. The standard InChI is InChI=1S/C9H20N2OS/c1-5-11(6-2)9(13)10-8(4)12-7-3/h8H,5-7H2,1-4H3,(H,10,13). The van der Waals surface area contributed by atoms with Crippen LogP contribution in [0.3, 0.4) is 0 Å². The van der Waals surface area contributed by atoms with Gasteiger partial charge in [0.15, 0.2) is 5.11 Å². The second-order valence-electron chi connectivity index (χ2n) is 2.72. The predicted molar refractivity (Wildman–Crippen MR) is 59.7 cm³/mol. The molecule has 0 aromatic carbocycles.